The summed E-state index contributed by atoms with van der Waals surface area (Å²) in [6, 6.07) is 2.56. The summed E-state index contributed by atoms with van der Waals surface area (Å²) in [6.07, 6.45) is -4.73. The van der Waals surface area contributed by atoms with Crippen LogP contribution in [0.2, 0.25) is 0 Å². The van der Waals surface area contributed by atoms with E-state index in [1.54, 1.807) is 27.7 Å². The highest BCUT2D eigenvalue weighted by atomic mass is 32.2. The number of rotatable bonds is 6. The van der Waals surface area contributed by atoms with Crippen molar-refractivity contribution < 1.29 is 35.6 Å². The first-order valence-electron chi connectivity index (χ1n) is 8.26. The molecule has 1 heterocycles. The van der Waals surface area contributed by atoms with E-state index in [0.717, 1.165) is 12.1 Å². The number of alkyl halides is 3. The molecule has 0 unspecified atom stereocenters. The fourth-order valence-corrected chi connectivity index (χ4v) is 3.51. The van der Waals surface area contributed by atoms with Gasteiger partial charge in [-0.1, -0.05) is 6.07 Å². The van der Waals surface area contributed by atoms with E-state index < -0.39 is 45.0 Å². The third-order valence-electron chi connectivity index (χ3n) is 4.69. The van der Waals surface area contributed by atoms with E-state index in [0.29, 0.717) is 6.07 Å². The molecule has 1 aromatic rings. The first-order chi connectivity index (χ1) is 12.2. The van der Waals surface area contributed by atoms with E-state index in [1.807, 2.05) is 0 Å². The average molecular weight is 409 g/mol. The van der Waals surface area contributed by atoms with Crippen LogP contribution in [0.4, 0.5) is 13.2 Å². The topological polar surface area (TPSA) is 73.9 Å². The molecule has 2 rings (SSSR count). The summed E-state index contributed by atoms with van der Waals surface area (Å²) in [5, 5.41) is 0. The second-order valence-corrected chi connectivity index (χ2v) is 9.03. The fourth-order valence-electron chi connectivity index (χ4n) is 2.42. The Kier molecular flexibility index (Phi) is 6.04. The minimum absolute atomic E-state index is 0.0180. The first kappa shape index (κ1) is 22.2. The van der Waals surface area contributed by atoms with Gasteiger partial charge in [-0.2, -0.15) is 13.2 Å². The van der Waals surface area contributed by atoms with E-state index in [9.17, 15) is 21.6 Å². The van der Waals surface area contributed by atoms with Crippen LogP contribution in [0.1, 0.15) is 33.3 Å². The molecule has 0 spiro atoms. The van der Waals surface area contributed by atoms with Gasteiger partial charge in [0, 0.05) is 13.7 Å². The van der Waals surface area contributed by atoms with Crippen molar-refractivity contribution in [2.45, 2.75) is 50.0 Å². The molecule has 0 atom stereocenters. The van der Waals surface area contributed by atoms with Gasteiger partial charge >= 0.3 is 13.3 Å². The van der Waals surface area contributed by atoms with Crippen LogP contribution in [0.15, 0.2) is 23.1 Å². The van der Waals surface area contributed by atoms with Gasteiger partial charge in [0.05, 0.1) is 28.3 Å². The number of ether oxygens (including phenoxy) is 1. The Balaban J connectivity index is 2.48. The van der Waals surface area contributed by atoms with Gasteiger partial charge in [-0.05, 0) is 45.3 Å². The van der Waals surface area contributed by atoms with Crippen molar-refractivity contribution in [1.82, 2.24) is 4.72 Å². The summed E-state index contributed by atoms with van der Waals surface area (Å²) in [6.45, 7) is 7.04. The summed E-state index contributed by atoms with van der Waals surface area (Å²) >= 11 is 0. The van der Waals surface area contributed by atoms with Crippen molar-refractivity contribution >= 4 is 22.6 Å². The van der Waals surface area contributed by atoms with Crippen molar-refractivity contribution in [1.29, 1.82) is 0 Å². The van der Waals surface area contributed by atoms with Crippen molar-refractivity contribution in [2.75, 3.05) is 20.3 Å². The van der Waals surface area contributed by atoms with E-state index in [4.69, 9.17) is 14.0 Å². The molecular formula is C16H23BF3NO5S. The van der Waals surface area contributed by atoms with Crippen molar-refractivity contribution in [3.05, 3.63) is 23.8 Å². The Morgan fingerprint density at radius 1 is 1.11 bits per heavy atom. The molecule has 0 radical (unpaired) electrons. The standard InChI is InChI=1S/C16H23BF3NO5S/c1-14(2)15(3,4)26-17(25-14)12-8-11(16(18,19)20)9-13(10-12)27(22,23)21-6-7-24-5/h8-10,21H,6-7H2,1-5H3. The number of halogens is 3. The lowest BCUT2D eigenvalue weighted by molar-refractivity contribution is -0.137. The van der Waals surface area contributed by atoms with Crippen LogP contribution < -0.4 is 10.2 Å². The Morgan fingerprint density at radius 3 is 2.15 bits per heavy atom. The lowest BCUT2D eigenvalue weighted by Gasteiger charge is -2.32. The molecule has 152 valence electrons. The number of hydrogen-bond donors (Lipinski definition) is 1. The highest BCUT2D eigenvalue weighted by Crippen LogP contribution is 2.37. The molecule has 0 aromatic heterocycles. The molecule has 27 heavy (non-hydrogen) atoms. The van der Waals surface area contributed by atoms with Crippen molar-refractivity contribution in [3.8, 4) is 0 Å². The van der Waals surface area contributed by atoms with Gasteiger partial charge < -0.3 is 14.0 Å². The Hall–Kier alpha value is -1.14. The fraction of sp³-hybridized carbons (Fsp3) is 0.625. The zero-order valence-corrected chi connectivity index (χ0v) is 16.6. The van der Waals surface area contributed by atoms with Gasteiger partial charge in [-0.3, -0.25) is 0 Å². The van der Waals surface area contributed by atoms with Gasteiger partial charge in [0.2, 0.25) is 10.0 Å². The predicted molar refractivity (Wildman–Crippen MR) is 94.2 cm³/mol. The zero-order valence-electron chi connectivity index (χ0n) is 15.8. The SMILES string of the molecule is COCCNS(=O)(=O)c1cc(B2OC(C)(C)C(C)(C)O2)cc(C(F)(F)F)c1. The third kappa shape index (κ3) is 4.83. The first-order valence-corrected chi connectivity index (χ1v) is 9.74. The quantitative estimate of drug-likeness (QED) is 0.574. The molecule has 0 saturated carbocycles. The van der Waals surface area contributed by atoms with Gasteiger partial charge in [-0.15, -0.1) is 0 Å². The van der Waals surface area contributed by atoms with Gasteiger partial charge in [0.1, 0.15) is 0 Å². The van der Waals surface area contributed by atoms with E-state index >= 15 is 0 Å². The maximum absolute atomic E-state index is 13.3. The zero-order chi connectivity index (χ0) is 20.7. The molecule has 1 aromatic carbocycles. The van der Waals surface area contributed by atoms with Crippen molar-refractivity contribution in [2.24, 2.45) is 0 Å². The second-order valence-electron chi connectivity index (χ2n) is 7.27. The van der Waals surface area contributed by atoms with Crippen molar-refractivity contribution in [3.63, 3.8) is 0 Å². The normalized spacial score (nSPS) is 19.5. The summed E-state index contributed by atoms with van der Waals surface area (Å²) in [5.41, 5.74) is -2.67. The molecule has 0 amide bonds. The molecular weight excluding hydrogens is 386 g/mol. The third-order valence-corrected chi connectivity index (χ3v) is 6.13. The van der Waals surface area contributed by atoms with Crippen LogP contribution in [0.25, 0.3) is 0 Å². The van der Waals surface area contributed by atoms with Crippen LogP contribution >= 0.6 is 0 Å². The highest BCUT2D eigenvalue weighted by molar-refractivity contribution is 7.89. The lowest BCUT2D eigenvalue weighted by atomic mass is 9.78. The molecule has 1 aliphatic rings. The molecule has 11 heteroatoms. The molecule has 1 aliphatic heterocycles. The highest BCUT2D eigenvalue weighted by Gasteiger charge is 2.52. The maximum atomic E-state index is 13.3. The molecule has 1 fully saturated rings. The monoisotopic (exact) mass is 409 g/mol. The van der Waals surface area contributed by atoms with E-state index in [-0.39, 0.29) is 18.6 Å². The van der Waals surface area contributed by atoms with Gasteiger partial charge in [0.15, 0.2) is 0 Å². The molecule has 0 aliphatic carbocycles. The van der Waals surface area contributed by atoms with E-state index in [2.05, 4.69) is 4.72 Å². The Morgan fingerprint density at radius 2 is 1.67 bits per heavy atom. The summed E-state index contributed by atoms with van der Waals surface area (Å²) in [5.74, 6) is 0. The summed E-state index contributed by atoms with van der Waals surface area (Å²) < 4.78 is 83.2. The molecule has 0 bridgehead atoms. The Labute approximate surface area is 157 Å². The average Bonchev–Trinajstić information content (AvgIpc) is 2.74. The Bertz CT molecular complexity index is 780. The summed E-state index contributed by atoms with van der Waals surface area (Å²) in [7, 11) is -3.90. The van der Waals surface area contributed by atoms with Crippen LogP contribution in [0.5, 0.6) is 0 Å². The number of benzene rings is 1. The number of nitrogens with one attached hydrogen (secondary N) is 1. The van der Waals surface area contributed by atoms with Gasteiger partial charge in [0.25, 0.3) is 0 Å². The smallest absolute Gasteiger partial charge is 0.399 e. The molecule has 1 N–H and O–H groups in total. The number of hydrogen-bond acceptors (Lipinski definition) is 5. The van der Waals surface area contributed by atoms with Crippen LogP contribution in [0, 0.1) is 0 Å². The number of methoxy groups -OCH3 is 1. The van der Waals surface area contributed by atoms with Crippen LogP contribution in [-0.2, 0) is 30.2 Å². The summed E-state index contributed by atoms with van der Waals surface area (Å²) in [4.78, 5) is -0.516. The van der Waals surface area contributed by atoms with Crippen LogP contribution in [0.3, 0.4) is 0 Å². The lowest BCUT2D eigenvalue weighted by Crippen LogP contribution is -2.41. The minimum atomic E-state index is -4.73. The maximum Gasteiger partial charge on any atom is 0.494 e. The predicted octanol–water partition coefficient (Wildman–Crippen LogP) is 1.93. The second kappa shape index (κ2) is 7.36. The number of sulfonamides is 1. The molecule has 6 nitrogen and oxygen atoms in total. The van der Waals surface area contributed by atoms with E-state index in [1.165, 1.54) is 7.11 Å². The largest absolute Gasteiger partial charge is 0.494 e. The molecule has 1 saturated heterocycles. The van der Waals surface area contributed by atoms with Gasteiger partial charge in [-0.25, -0.2) is 13.1 Å². The van der Waals surface area contributed by atoms with Crippen LogP contribution in [-0.4, -0.2) is 47.0 Å². The minimum Gasteiger partial charge on any atom is -0.399 e.